The zero-order chi connectivity index (χ0) is 19.5. The van der Waals surface area contributed by atoms with Gasteiger partial charge in [-0.15, -0.1) is 11.3 Å². The molecule has 1 unspecified atom stereocenters. The van der Waals surface area contributed by atoms with Crippen LogP contribution in [0, 0.1) is 0 Å². The highest BCUT2D eigenvalue weighted by molar-refractivity contribution is 7.97. The first-order valence-electron chi connectivity index (χ1n) is 9.10. The molecule has 1 fully saturated rings. The van der Waals surface area contributed by atoms with E-state index in [0.29, 0.717) is 18.1 Å². The van der Waals surface area contributed by atoms with Crippen LogP contribution in [0.1, 0.15) is 18.7 Å². The molecular weight excluding hydrogens is 394 g/mol. The number of rotatable bonds is 6. The van der Waals surface area contributed by atoms with Crippen molar-refractivity contribution in [3.05, 3.63) is 41.7 Å². The van der Waals surface area contributed by atoms with E-state index in [9.17, 15) is 9.59 Å². The number of para-hydroxylation sites is 2. The highest BCUT2D eigenvalue weighted by Gasteiger charge is 2.34. The Morgan fingerprint density at radius 3 is 3.00 bits per heavy atom. The lowest BCUT2D eigenvalue weighted by molar-refractivity contribution is -0.137. The summed E-state index contributed by atoms with van der Waals surface area (Å²) in [4.78, 5) is 36.2. The summed E-state index contributed by atoms with van der Waals surface area (Å²) in [6, 6.07) is 7.39. The van der Waals surface area contributed by atoms with Gasteiger partial charge in [0.15, 0.2) is 5.13 Å². The van der Waals surface area contributed by atoms with Gasteiger partial charge >= 0.3 is 0 Å². The number of benzene rings is 1. The summed E-state index contributed by atoms with van der Waals surface area (Å²) in [6.07, 6.45) is 5.16. The largest absolute Gasteiger partial charge is 0.329 e. The molecule has 1 N–H and O–H groups in total. The summed E-state index contributed by atoms with van der Waals surface area (Å²) in [6.45, 7) is 0.788. The molecule has 1 aliphatic heterocycles. The van der Waals surface area contributed by atoms with Crippen LogP contribution in [0.15, 0.2) is 35.8 Å². The highest BCUT2D eigenvalue weighted by Crippen LogP contribution is 2.23. The maximum absolute atomic E-state index is 13.1. The molecule has 0 saturated carbocycles. The second-order valence-corrected chi connectivity index (χ2v) is 8.37. The van der Waals surface area contributed by atoms with Crippen molar-refractivity contribution in [1.82, 2.24) is 19.4 Å². The average molecular weight is 416 g/mol. The van der Waals surface area contributed by atoms with Crippen LogP contribution in [0.3, 0.4) is 0 Å². The number of anilines is 1. The fourth-order valence-corrected chi connectivity index (χ4v) is 4.59. The molecule has 0 bridgehead atoms. The molecular formula is C19H21N5O2S2. The molecule has 3 heterocycles. The summed E-state index contributed by atoms with van der Waals surface area (Å²) in [5.74, 6) is 1.39. The molecule has 9 heteroatoms. The molecule has 0 aliphatic carbocycles. The number of imidazole rings is 1. The molecule has 1 atom stereocenters. The van der Waals surface area contributed by atoms with Crippen LogP contribution in [0.4, 0.5) is 5.13 Å². The first-order chi connectivity index (χ1) is 13.7. The number of thiazole rings is 1. The van der Waals surface area contributed by atoms with Gasteiger partial charge in [-0.25, -0.2) is 9.97 Å². The molecule has 2 aromatic heterocycles. The van der Waals surface area contributed by atoms with Crippen LogP contribution in [0.2, 0.25) is 0 Å². The number of hydrogen-bond acceptors (Lipinski definition) is 6. The van der Waals surface area contributed by atoms with Gasteiger partial charge in [0.25, 0.3) is 0 Å². The van der Waals surface area contributed by atoms with Gasteiger partial charge in [-0.1, -0.05) is 12.1 Å². The van der Waals surface area contributed by atoms with Gasteiger partial charge in [-0.2, -0.15) is 11.8 Å². The molecule has 0 spiro atoms. The van der Waals surface area contributed by atoms with Gasteiger partial charge in [-0.05, 0) is 31.2 Å². The van der Waals surface area contributed by atoms with Crippen molar-refractivity contribution < 1.29 is 9.59 Å². The summed E-state index contributed by atoms with van der Waals surface area (Å²) < 4.78 is 1.97. The van der Waals surface area contributed by atoms with Gasteiger partial charge in [0.2, 0.25) is 11.8 Å². The number of hydrogen-bond donors (Lipinski definition) is 1. The predicted octanol–water partition coefficient (Wildman–Crippen LogP) is 2.99. The number of carbonyl (C=O) groups is 2. The van der Waals surface area contributed by atoms with Gasteiger partial charge in [0.1, 0.15) is 18.4 Å². The van der Waals surface area contributed by atoms with Crippen molar-refractivity contribution in [3.63, 3.8) is 0 Å². The molecule has 3 aromatic rings. The van der Waals surface area contributed by atoms with E-state index in [1.165, 1.54) is 11.3 Å². The Hall–Kier alpha value is -2.39. The van der Waals surface area contributed by atoms with Crippen LogP contribution in [-0.4, -0.2) is 50.1 Å². The molecule has 146 valence electrons. The Labute approximate surface area is 171 Å². The number of carbonyl (C=O) groups excluding carboxylic acids is 2. The number of nitrogens with zero attached hydrogens (tertiary/aromatic N) is 4. The molecule has 7 nitrogen and oxygen atoms in total. The minimum atomic E-state index is -0.449. The second kappa shape index (κ2) is 8.32. The fraction of sp³-hybridized carbons (Fsp3) is 0.368. The molecule has 2 amide bonds. The third kappa shape index (κ3) is 3.77. The van der Waals surface area contributed by atoms with Crippen LogP contribution < -0.4 is 5.32 Å². The maximum atomic E-state index is 13.1. The lowest BCUT2D eigenvalue weighted by Crippen LogP contribution is -2.44. The van der Waals surface area contributed by atoms with Crippen LogP contribution in [0.25, 0.3) is 11.0 Å². The minimum absolute atomic E-state index is 0.0534. The fourth-order valence-electron chi connectivity index (χ4n) is 3.58. The van der Waals surface area contributed by atoms with E-state index in [-0.39, 0.29) is 18.4 Å². The second-order valence-electron chi connectivity index (χ2n) is 6.61. The smallest absolute Gasteiger partial charge is 0.248 e. The monoisotopic (exact) mass is 415 g/mol. The number of likely N-dealkylation sites (tertiary alicyclic amines) is 1. The van der Waals surface area contributed by atoms with Crippen molar-refractivity contribution in [1.29, 1.82) is 0 Å². The van der Waals surface area contributed by atoms with E-state index in [4.69, 9.17) is 0 Å². The van der Waals surface area contributed by atoms with Gasteiger partial charge < -0.3 is 14.8 Å². The van der Waals surface area contributed by atoms with E-state index in [2.05, 4.69) is 15.3 Å². The molecule has 4 rings (SSSR count). The highest BCUT2D eigenvalue weighted by atomic mass is 32.2. The lowest BCUT2D eigenvalue weighted by Gasteiger charge is -2.24. The van der Waals surface area contributed by atoms with Gasteiger partial charge in [0, 0.05) is 18.1 Å². The van der Waals surface area contributed by atoms with E-state index >= 15 is 0 Å². The third-order valence-electron chi connectivity index (χ3n) is 4.84. The Morgan fingerprint density at radius 2 is 2.21 bits per heavy atom. The number of thioether (sulfide) groups is 1. The Balaban J connectivity index is 1.53. The van der Waals surface area contributed by atoms with Gasteiger partial charge in [0.05, 0.1) is 16.8 Å². The van der Waals surface area contributed by atoms with E-state index in [1.807, 2.05) is 40.5 Å². The van der Waals surface area contributed by atoms with Crippen molar-refractivity contribution in [2.24, 2.45) is 0 Å². The number of fused-ring (bicyclic) bond motifs is 1. The number of amides is 2. The zero-order valence-electron chi connectivity index (χ0n) is 15.5. The summed E-state index contributed by atoms with van der Waals surface area (Å²) in [5, 5.41) is 5.19. The minimum Gasteiger partial charge on any atom is -0.329 e. The molecule has 1 saturated heterocycles. The number of aromatic nitrogens is 3. The lowest BCUT2D eigenvalue weighted by atomic mass is 10.2. The van der Waals surface area contributed by atoms with Crippen molar-refractivity contribution in [2.75, 3.05) is 18.1 Å². The van der Waals surface area contributed by atoms with Gasteiger partial charge in [-0.3, -0.25) is 9.59 Å². The summed E-state index contributed by atoms with van der Waals surface area (Å²) in [7, 11) is 0. The third-order valence-corrected chi connectivity index (χ3v) is 6.07. The SMILES string of the molecule is CSCc1nc2ccccc2n1CC(=O)N1CCCC1C(=O)Nc1nccs1. The van der Waals surface area contributed by atoms with E-state index in [1.54, 1.807) is 22.9 Å². The zero-order valence-corrected chi connectivity index (χ0v) is 17.1. The first kappa shape index (κ1) is 18.9. The standard InChI is InChI=1S/C19H21N5O2S2/c1-27-12-16-21-13-5-2-3-6-14(13)24(16)11-17(25)23-9-4-7-15(23)18(26)22-19-20-8-10-28-19/h2-3,5-6,8,10,15H,4,7,9,11-12H2,1H3,(H,20,22,26). The summed E-state index contributed by atoms with van der Waals surface area (Å²) in [5.41, 5.74) is 1.83. The van der Waals surface area contributed by atoms with Crippen LogP contribution in [-0.2, 0) is 21.9 Å². The molecule has 1 aromatic carbocycles. The predicted molar refractivity (Wildman–Crippen MR) is 112 cm³/mol. The van der Waals surface area contributed by atoms with Crippen molar-refractivity contribution >= 4 is 51.1 Å². The molecule has 1 aliphatic rings. The van der Waals surface area contributed by atoms with E-state index in [0.717, 1.165) is 29.0 Å². The van der Waals surface area contributed by atoms with Crippen molar-refractivity contribution in [3.8, 4) is 0 Å². The number of nitrogens with one attached hydrogen (secondary N) is 1. The normalized spacial score (nSPS) is 16.6. The van der Waals surface area contributed by atoms with Crippen molar-refractivity contribution in [2.45, 2.75) is 31.2 Å². The average Bonchev–Trinajstić information content (AvgIpc) is 3.43. The topological polar surface area (TPSA) is 80.1 Å². The Morgan fingerprint density at radius 1 is 1.36 bits per heavy atom. The summed E-state index contributed by atoms with van der Waals surface area (Å²) >= 11 is 3.04. The van der Waals surface area contributed by atoms with Crippen LogP contribution >= 0.6 is 23.1 Å². The van der Waals surface area contributed by atoms with Crippen LogP contribution in [0.5, 0.6) is 0 Å². The molecule has 0 radical (unpaired) electrons. The Bertz CT molecular complexity index is 986. The first-order valence-corrected chi connectivity index (χ1v) is 11.4. The Kier molecular flexibility index (Phi) is 5.63. The quantitative estimate of drug-likeness (QED) is 0.669. The molecule has 28 heavy (non-hydrogen) atoms. The van der Waals surface area contributed by atoms with E-state index < -0.39 is 6.04 Å². The maximum Gasteiger partial charge on any atom is 0.248 e.